The Balaban J connectivity index is 0.00000144. The van der Waals surface area contributed by atoms with Crippen molar-refractivity contribution in [2.45, 2.75) is 19.5 Å². The summed E-state index contributed by atoms with van der Waals surface area (Å²) in [6, 6.07) is 15.5. The van der Waals surface area contributed by atoms with Crippen LogP contribution in [0.3, 0.4) is 0 Å². The van der Waals surface area contributed by atoms with Crippen LogP contribution in [0.15, 0.2) is 48.5 Å². The highest BCUT2D eigenvalue weighted by Gasteiger charge is 2.20. The smallest absolute Gasteiger partial charge is 0.123 e. The van der Waals surface area contributed by atoms with Gasteiger partial charge >= 0.3 is 0 Å². The molecule has 3 aromatic rings. The normalized spacial score (nSPS) is 14.6. The van der Waals surface area contributed by atoms with Crippen molar-refractivity contribution < 1.29 is 4.39 Å². The number of hydrogen-bond acceptors (Lipinski definition) is 1. The second-order valence-corrected chi connectivity index (χ2v) is 5.72. The molecular formula is C18H18ClFN2. The fourth-order valence-corrected chi connectivity index (χ4v) is 3.22. The molecule has 1 aliphatic heterocycles. The van der Waals surface area contributed by atoms with E-state index in [1.807, 2.05) is 12.1 Å². The number of aromatic nitrogens is 1. The van der Waals surface area contributed by atoms with Gasteiger partial charge in [0.1, 0.15) is 5.82 Å². The van der Waals surface area contributed by atoms with Gasteiger partial charge < -0.3 is 4.98 Å². The van der Waals surface area contributed by atoms with E-state index in [2.05, 4.69) is 34.1 Å². The molecule has 0 atom stereocenters. The van der Waals surface area contributed by atoms with E-state index < -0.39 is 0 Å². The van der Waals surface area contributed by atoms with Gasteiger partial charge in [0.15, 0.2) is 0 Å². The maximum absolute atomic E-state index is 13.5. The molecule has 0 amide bonds. The highest BCUT2D eigenvalue weighted by atomic mass is 35.5. The Morgan fingerprint density at radius 1 is 1.09 bits per heavy atom. The Kier molecular flexibility index (Phi) is 4.19. The average Bonchev–Trinajstić information content (AvgIpc) is 2.86. The van der Waals surface area contributed by atoms with Crippen LogP contribution in [0, 0.1) is 5.82 Å². The predicted molar refractivity (Wildman–Crippen MR) is 89.8 cm³/mol. The summed E-state index contributed by atoms with van der Waals surface area (Å²) < 4.78 is 13.5. The minimum Gasteiger partial charge on any atom is -0.358 e. The number of nitrogens with one attached hydrogen (secondary N) is 1. The van der Waals surface area contributed by atoms with Crippen molar-refractivity contribution >= 4 is 23.3 Å². The standard InChI is InChI=1S/C18H17FN2.ClH/c19-14-6-7-17-15(10-14)16-12-21(9-8-18(16)20-17)11-13-4-2-1-3-5-13;/h1-7,10,20H,8-9,11-12H2;1H. The molecule has 4 rings (SSSR count). The van der Waals surface area contributed by atoms with Crippen molar-refractivity contribution in [3.8, 4) is 0 Å². The lowest BCUT2D eigenvalue weighted by Gasteiger charge is -2.27. The van der Waals surface area contributed by atoms with Gasteiger partial charge in [-0.05, 0) is 29.3 Å². The quantitative estimate of drug-likeness (QED) is 0.747. The van der Waals surface area contributed by atoms with Gasteiger partial charge in [-0.2, -0.15) is 0 Å². The zero-order chi connectivity index (χ0) is 14.2. The topological polar surface area (TPSA) is 19.0 Å². The van der Waals surface area contributed by atoms with Crippen LogP contribution in [0.2, 0.25) is 0 Å². The van der Waals surface area contributed by atoms with E-state index >= 15 is 0 Å². The van der Waals surface area contributed by atoms with E-state index in [4.69, 9.17) is 0 Å². The Labute approximate surface area is 135 Å². The van der Waals surface area contributed by atoms with Crippen LogP contribution in [0.4, 0.5) is 4.39 Å². The van der Waals surface area contributed by atoms with Gasteiger partial charge in [0, 0.05) is 42.7 Å². The minimum absolute atomic E-state index is 0. The number of benzene rings is 2. The Morgan fingerprint density at radius 3 is 2.73 bits per heavy atom. The molecule has 0 saturated heterocycles. The van der Waals surface area contributed by atoms with E-state index in [-0.39, 0.29) is 18.2 Å². The van der Waals surface area contributed by atoms with Crippen molar-refractivity contribution in [1.29, 1.82) is 0 Å². The summed E-state index contributed by atoms with van der Waals surface area (Å²) in [5, 5.41) is 1.03. The van der Waals surface area contributed by atoms with Crippen LogP contribution in [0.1, 0.15) is 16.8 Å². The zero-order valence-electron chi connectivity index (χ0n) is 12.2. The Hall–Kier alpha value is -1.84. The minimum atomic E-state index is -0.163. The number of hydrogen-bond donors (Lipinski definition) is 1. The lowest BCUT2D eigenvalue weighted by atomic mass is 10.0. The molecule has 0 fully saturated rings. The first kappa shape index (κ1) is 15.1. The molecule has 1 N–H and O–H groups in total. The SMILES string of the molecule is Cl.Fc1ccc2[nH]c3c(c2c1)CN(Cc1ccccc1)CC3. The van der Waals surface area contributed by atoms with Crippen LogP contribution in [0.25, 0.3) is 10.9 Å². The van der Waals surface area contributed by atoms with Crippen molar-refractivity contribution in [3.63, 3.8) is 0 Å². The largest absolute Gasteiger partial charge is 0.358 e. The van der Waals surface area contributed by atoms with Gasteiger partial charge in [-0.1, -0.05) is 30.3 Å². The molecule has 2 heterocycles. The summed E-state index contributed by atoms with van der Waals surface area (Å²) >= 11 is 0. The van der Waals surface area contributed by atoms with Gasteiger partial charge in [0.2, 0.25) is 0 Å². The highest BCUT2D eigenvalue weighted by molar-refractivity contribution is 5.85. The summed E-state index contributed by atoms with van der Waals surface area (Å²) in [7, 11) is 0. The fourth-order valence-electron chi connectivity index (χ4n) is 3.22. The number of fused-ring (bicyclic) bond motifs is 3. The summed E-state index contributed by atoms with van der Waals surface area (Å²) in [6.07, 6.45) is 0.998. The van der Waals surface area contributed by atoms with E-state index in [1.165, 1.54) is 22.9 Å². The van der Waals surface area contributed by atoms with Crippen LogP contribution < -0.4 is 0 Å². The first-order valence-corrected chi connectivity index (χ1v) is 7.35. The number of aromatic amines is 1. The van der Waals surface area contributed by atoms with Crippen molar-refractivity contribution in [1.82, 2.24) is 9.88 Å². The van der Waals surface area contributed by atoms with Gasteiger partial charge in [0.05, 0.1) is 0 Å². The van der Waals surface area contributed by atoms with E-state index in [9.17, 15) is 4.39 Å². The molecule has 0 radical (unpaired) electrons. The average molecular weight is 317 g/mol. The highest BCUT2D eigenvalue weighted by Crippen LogP contribution is 2.28. The molecule has 114 valence electrons. The third-order valence-electron chi connectivity index (χ3n) is 4.27. The van der Waals surface area contributed by atoms with Gasteiger partial charge in [0.25, 0.3) is 0 Å². The van der Waals surface area contributed by atoms with Crippen LogP contribution in [0.5, 0.6) is 0 Å². The maximum Gasteiger partial charge on any atom is 0.123 e. The monoisotopic (exact) mass is 316 g/mol. The molecule has 1 aromatic heterocycles. The summed E-state index contributed by atoms with van der Waals surface area (Å²) in [6.45, 7) is 2.87. The second kappa shape index (κ2) is 6.11. The molecule has 0 unspecified atom stereocenters. The molecule has 22 heavy (non-hydrogen) atoms. The van der Waals surface area contributed by atoms with Crippen LogP contribution >= 0.6 is 12.4 Å². The summed E-state index contributed by atoms with van der Waals surface area (Å²) in [4.78, 5) is 5.86. The number of nitrogens with zero attached hydrogens (tertiary/aromatic N) is 1. The molecule has 2 aromatic carbocycles. The molecule has 4 heteroatoms. The van der Waals surface area contributed by atoms with Crippen molar-refractivity contribution in [2.75, 3.05) is 6.54 Å². The van der Waals surface area contributed by atoms with Gasteiger partial charge in [-0.15, -0.1) is 12.4 Å². The van der Waals surface area contributed by atoms with Gasteiger partial charge in [-0.25, -0.2) is 4.39 Å². The molecule has 0 bridgehead atoms. The molecular weight excluding hydrogens is 299 g/mol. The van der Waals surface area contributed by atoms with Crippen molar-refractivity contribution in [3.05, 3.63) is 71.2 Å². The Bertz CT molecular complexity index is 782. The molecule has 2 nitrogen and oxygen atoms in total. The maximum atomic E-state index is 13.5. The zero-order valence-corrected chi connectivity index (χ0v) is 13.0. The van der Waals surface area contributed by atoms with Gasteiger partial charge in [-0.3, -0.25) is 4.90 Å². The van der Waals surface area contributed by atoms with Crippen LogP contribution in [-0.2, 0) is 19.5 Å². The first-order valence-electron chi connectivity index (χ1n) is 7.35. The fraction of sp³-hybridized carbons (Fsp3) is 0.222. The Morgan fingerprint density at radius 2 is 1.91 bits per heavy atom. The third-order valence-corrected chi connectivity index (χ3v) is 4.27. The molecule has 0 saturated carbocycles. The summed E-state index contributed by atoms with van der Waals surface area (Å²) in [5.41, 5.74) is 4.89. The first-order chi connectivity index (χ1) is 10.3. The van der Waals surface area contributed by atoms with E-state index in [0.29, 0.717) is 0 Å². The van der Waals surface area contributed by atoms with Crippen LogP contribution in [-0.4, -0.2) is 16.4 Å². The second-order valence-electron chi connectivity index (χ2n) is 5.72. The van der Waals surface area contributed by atoms with Crippen molar-refractivity contribution in [2.24, 2.45) is 0 Å². The number of H-pyrrole nitrogens is 1. The van der Waals surface area contributed by atoms with E-state index in [0.717, 1.165) is 37.0 Å². The van der Waals surface area contributed by atoms with E-state index in [1.54, 1.807) is 6.07 Å². The molecule has 0 aliphatic carbocycles. The third kappa shape index (κ3) is 2.74. The number of halogens is 2. The summed E-state index contributed by atoms with van der Waals surface area (Å²) in [5.74, 6) is -0.163. The molecule has 0 spiro atoms. The lowest BCUT2D eigenvalue weighted by molar-refractivity contribution is 0.245. The number of rotatable bonds is 2. The predicted octanol–water partition coefficient (Wildman–Crippen LogP) is 4.29. The molecule has 1 aliphatic rings. The lowest BCUT2D eigenvalue weighted by Crippen LogP contribution is -2.29.